The van der Waals surface area contributed by atoms with Gasteiger partial charge >= 0.3 is 0 Å². The standard InChI is InChI=1S/C10H22O4Si/c1-11-10(12-2)8-15-5-3-4-13-6-9-7-14-9/h9-10H,3-8,15H2,1-2H3. The van der Waals surface area contributed by atoms with E-state index in [-0.39, 0.29) is 15.8 Å². The van der Waals surface area contributed by atoms with Crippen molar-refractivity contribution in [3.63, 3.8) is 0 Å². The average Bonchev–Trinajstić information content (AvgIpc) is 3.06. The van der Waals surface area contributed by atoms with Crippen LogP contribution in [0.15, 0.2) is 0 Å². The largest absolute Gasteiger partial charge is 0.379 e. The molecular weight excluding hydrogens is 212 g/mol. The van der Waals surface area contributed by atoms with Gasteiger partial charge in [0.15, 0.2) is 6.29 Å². The van der Waals surface area contributed by atoms with E-state index >= 15 is 0 Å². The Labute approximate surface area is 94.0 Å². The molecule has 1 fully saturated rings. The summed E-state index contributed by atoms with van der Waals surface area (Å²) in [5, 5.41) is 0. The van der Waals surface area contributed by atoms with Gasteiger partial charge in [-0.25, -0.2) is 0 Å². The van der Waals surface area contributed by atoms with Gasteiger partial charge < -0.3 is 18.9 Å². The second-order valence-corrected chi connectivity index (χ2v) is 5.77. The average molecular weight is 234 g/mol. The molecule has 1 unspecified atom stereocenters. The molecule has 90 valence electrons. The van der Waals surface area contributed by atoms with E-state index in [0.717, 1.165) is 25.9 Å². The van der Waals surface area contributed by atoms with Gasteiger partial charge in [-0.3, -0.25) is 0 Å². The molecule has 1 rings (SSSR count). The second kappa shape index (κ2) is 8.24. The molecule has 0 aromatic heterocycles. The van der Waals surface area contributed by atoms with Crippen LogP contribution < -0.4 is 0 Å². The summed E-state index contributed by atoms with van der Waals surface area (Å²) in [4.78, 5) is 0. The lowest BCUT2D eigenvalue weighted by Crippen LogP contribution is -2.15. The summed E-state index contributed by atoms with van der Waals surface area (Å²) in [6.07, 6.45) is 1.57. The first-order valence-electron chi connectivity index (χ1n) is 5.61. The third-order valence-electron chi connectivity index (χ3n) is 2.46. The molecule has 15 heavy (non-hydrogen) atoms. The Morgan fingerprint density at radius 1 is 1.40 bits per heavy atom. The molecule has 0 amide bonds. The highest BCUT2D eigenvalue weighted by molar-refractivity contribution is 6.35. The molecule has 1 saturated heterocycles. The Morgan fingerprint density at radius 2 is 2.13 bits per heavy atom. The maximum absolute atomic E-state index is 5.45. The van der Waals surface area contributed by atoms with E-state index in [0.29, 0.717) is 6.10 Å². The topological polar surface area (TPSA) is 40.2 Å². The zero-order valence-electron chi connectivity index (χ0n) is 9.74. The SMILES string of the molecule is COC(C[SiH2]CCCOCC1CO1)OC. The minimum Gasteiger partial charge on any atom is -0.379 e. The Bertz CT molecular complexity index is 148. The summed E-state index contributed by atoms with van der Waals surface area (Å²) in [6.45, 7) is 2.54. The van der Waals surface area contributed by atoms with Crippen LogP contribution in [0.1, 0.15) is 6.42 Å². The lowest BCUT2D eigenvalue weighted by atomic mass is 10.5. The first-order valence-corrected chi connectivity index (χ1v) is 7.61. The van der Waals surface area contributed by atoms with Crippen LogP contribution in [0.5, 0.6) is 0 Å². The maximum atomic E-state index is 5.45. The predicted octanol–water partition coefficient (Wildman–Crippen LogP) is 0.416. The number of hydrogen-bond acceptors (Lipinski definition) is 4. The molecule has 0 saturated carbocycles. The molecule has 1 atom stereocenters. The highest BCUT2D eigenvalue weighted by Crippen LogP contribution is 2.09. The summed E-state index contributed by atoms with van der Waals surface area (Å²) in [7, 11) is 3.34. The molecule has 0 aromatic carbocycles. The van der Waals surface area contributed by atoms with Crippen LogP contribution in [0, 0.1) is 0 Å². The lowest BCUT2D eigenvalue weighted by molar-refractivity contribution is -0.0876. The normalized spacial score (nSPS) is 20.6. The van der Waals surface area contributed by atoms with Gasteiger partial charge in [-0.15, -0.1) is 0 Å². The maximum Gasteiger partial charge on any atom is 0.153 e. The highest BCUT2D eigenvalue weighted by Gasteiger charge is 2.21. The smallest absolute Gasteiger partial charge is 0.153 e. The number of epoxide rings is 1. The first kappa shape index (κ1) is 13.1. The molecule has 1 aliphatic heterocycles. The minimum atomic E-state index is -0.0511. The number of methoxy groups -OCH3 is 2. The Balaban J connectivity index is 1.75. The number of rotatable bonds is 10. The van der Waals surface area contributed by atoms with Gasteiger partial charge in [0, 0.05) is 30.3 Å². The molecule has 0 N–H and O–H groups in total. The van der Waals surface area contributed by atoms with Gasteiger partial charge in [-0.1, -0.05) is 6.04 Å². The van der Waals surface area contributed by atoms with Crippen LogP contribution in [-0.4, -0.2) is 56.0 Å². The molecule has 5 heteroatoms. The van der Waals surface area contributed by atoms with E-state index in [9.17, 15) is 0 Å². The molecular formula is C10H22O4Si. The fourth-order valence-electron chi connectivity index (χ4n) is 1.40. The van der Waals surface area contributed by atoms with Crippen LogP contribution in [-0.2, 0) is 18.9 Å². The fraction of sp³-hybridized carbons (Fsp3) is 1.00. The highest BCUT2D eigenvalue weighted by atomic mass is 28.2. The second-order valence-electron chi connectivity index (χ2n) is 3.78. The summed E-state index contributed by atoms with van der Waals surface area (Å²) < 4.78 is 20.8. The van der Waals surface area contributed by atoms with E-state index in [4.69, 9.17) is 18.9 Å². The summed E-state index contributed by atoms with van der Waals surface area (Å²) in [5.41, 5.74) is 0. The predicted molar refractivity (Wildman–Crippen MR) is 61.1 cm³/mol. The fourth-order valence-corrected chi connectivity index (χ4v) is 3.05. The van der Waals surface area contributed by atoms with E-state index in [2.05, 4.69) is 0 Å². The van der Waals surface area contributed by atoms with Crippen molar-refractivity contribution in [1.29, 1.82) is 0 Å². The third kappa shape index (κ3) is 7.02. The van der Waals surface area contributed by atoms with Crippen molar-refractivity contribution in [2.75, 3.05) is 34.0 Å². The van der Waals surface area contributed by atoms with Gasteiger partial charge in [0.2, 0.25) is 0 Å². The Morgan fingerprint density at radius 3 is 2.73 bits per heavy atom. The van der Waals surface area contributed by atoms with Crippen molar-refractivity contribution in [2.24, 2.45) is 0 Å². The summed E-state index contributed by atoms with van der Waals surface area (Å²) in [6, 6.07) is 2.40. The van der Waals surface area contributed by atoms with E-state index in [1.165, 1.54) is 12.5 Å². The third-order valence-corrected chi connectivity index (χ3v) is 4.34. The van der Waals surface area contributed by atoms with Crippen molar-refractivity contribution in [1.82, 2.24) is 0 Å². The Hall–Kier alpha value is 0.0569. The molecule has 4 nitrogen and oxygen atoms in total. The van der Waals surface area contributed by atoms with E-state index in [1.807, 2.05) is 0 Å². The van der Waals surface area contributed by atoms with Gasteiger partial charge in [0.05, 0.1) is 13.2 Å². The lowest BCUT2D eigenvalue weighted by Gasteiger charge is -2.12. The van der Waals surface area contributed by atoms with Gasteiger partial charge in [0.25, 0.3) is 0 Å². The van der Waals surface area contributed by atoms with Crippen molar-refractivity contribution >= 4 is 9.52 Å². The van der Waals surface area contributed by atoms with E-state index in [1.54, 1.807) is 14.2 Å². The number of ether oxygens (including phenoxy) is 4. The van der Waals surface area contributed by atoms with Crippen molar-refractivity contribution in [2.45, 2.75) is 30.9 Å². The molecule has 0 aromatic rings. The molecule has 1 aliphatic rings. The van der Waals surface area contributed by atoms with Crippen molar-refractivity contribution in [3.8, 4) is 0 Å². The quantitative estimate of drug-likeness (QED) is 0.238. The van der Waals surface area contributed by atoms with Gasteiger partial charge in [0.1, 0.15) is 6.10 Å². The molecule has 0 radical (unpaired) electrons. The van der Waals surface area contributed by atoms with Gasteiger partial charge in [-0.2, -0.15) is 0 Å². The molecule has 1 heterocycles. The van der Waals surface area contributed by atoms with Crippen LogP contribution in [0.4, 0.5) is 0 Å². The van der Waals surface area contributed by atoms with Crippen molar-refractivity contribution < 1.29 is 18.9 Å². The summed E-state index contributed by atoms with van der Waals surface area (Å²) >= 11 is 0. The molecule has 0 bridgehead atoms. The van der Waals surface area contributed by atoms with Crippen LogP contribution in [0.3, 0.4) is 0 Å². The van der Waals surface area contributed by atoms with Gasteiger partial charge in [-0.05, 0) is 12.5 Å². The first-order chi connectivity index (χ1) is 7.36. The Kier molecular flexibility index (Phi) is 7.21. The zero-order valence-corrected chi connectivity index (χ0v) is 11.2. The summed E-state index contributed by atoms with van der Waals surface area (Å²) in [5.74, 6) is 0. The van der Waals surface area contributed by atoms with E-state index < -0.39 is 0 Å². The monoisotopic (exact) mass is 234 g/mol. The minimum absolute atomic E-state index is 0.0115. The molecule has 0 spiro atoms. The van der Waals surface area contributed by atoms with Crippen molar-refractivity contribution in [3.05, 3.63) is 0 Å². The van der Waals surface area contributed by atoms with Crippen LogP contribution in [0.2, 0.25) is 12.1 Å². The van der Waals surface area contributed by atoms with Crippen LogP contribution >= 0.6 is 0 Å². The zero-order chi connectivity index (χ0) is 10.9. The molecule has 0 aliphatic carbocycles. The van der Waals surface area contributed by atoms with Crippen LogP contribution in [0.25, 0.3) is 0 Å². The number of hydrogen-bond donors (Lipinski definition) is 0.